The van der Waals surface area contributed by atoms with Crippen LogP contribution in [0.15, 0.2) is 30.3 Å². The van der Waals surface area contributed by atoms with Crippen LogP contribution in [0.5, 0.6) is 5.75 Å². The minimum atomic E-state index is -0.181. The van der Waals surface area contributed by atoms with E-state index in [4.69, 9.17) is 4.74 Å². The number of likely N-dealkylation sites (tertiary alicyclic amines) is 1. The molecule has 1 amide bonds. The van der Waals surface area contributed by atoms with E-state index in [1.54, 1.807) is 12.0 Å². The lowest BCUT2D eigenvalue weighted by atomic mass is 10.1. The molecule has 0 N–H and O–H groups in total. The number of methoxy groups -OCH3 is 2. The third-order valence-electron chi connectivity index (χ3n) is 2.77. The third-order valence-corrected chi connectivity index (χ3v) is 2.77. The fraction of sp³-hybridized carbons (Fsp3) is 0.611. The van der Waals surface area contributed by atoms with Gasteiger partial charge in [0.15, 0.2) is 0 Å². The molecule has 0 saturated carbocycles. The van der Waals surface area contributed by atoms with Gasteiger partial charge >= 0.3 is 6.09 Å². The number of para-hydroxylation sites is 1. The van der Waals surface area contributed by atoms with E-state index in [9.17, 15) is 4.79 Å². The quantitative estimate of drug-likeness (QED) is 0.733. The van der Waals surface area contributed by atoms with Crippen molar-refractivity contribution in [1.82, 2.24) is 4.90 Å². The number of carbonyl (C=O) groups excluding carboxylic acids is 1. The largest absolute Gasteiger partial charge is 0.497 e. The molecule has 1 saturated heterocycles. The van der Waals surface area contributed by atoms with E-state index in [2.05, 4.69) is 4.74 Å². The number of piperidine rings is 1. The predicted octanol–water partition coefficient (Wildman–Crippen LogP) is 4.99. The van der Waals surface area contributed by atoms with Crippen LogP contribution in [0.25, 0.3) is 0 Å². The molecule has 1 aromatic carbocycles. The molecule has 4 nitrogen and oxygen atoms in total. The number of nitrogens with zero attached hydrogens (tertiary/aromatic N) is 1. The number of rotatable bonds is 1. The summed E-state index contributed by atoms with van der Waals surface area (Å²) < 4.78 is 9.49. The summed E-state index contributed by atoms with van der Waals surface area (Å²) in [4.78, 5) is 12.6. The summed E-state index contributed by atoms with van der Waals surface area (Å²) in [6.07, 6.45) is 3.30. The van der Waals surface area contributed by atoms with Gasteiger partial charge in [-0.3, -0.25) is 0 Å². The van der Waals surface area contributed by atoms with Gasteiger partial charge in [-0.05, 0) is 31.4 Å². The van der Waals surface area contributed by atoms with E-state index in [1.165, 1.54) is 13.5 Å². The van der Waals surface area contributed by atoms with Gasteiger partial charge in [0.25, 0.3) is 0 Å². The normalized spacial score (nSPS) is 12.2. The second-order valence-corrected chi connectivity index (χ2v) is 4.03. The molecule has 0 bridgehead atoms. The monoisotopic (exact) mass is 311 g/mol. The number of benzene rings is 1. The number of hydrogen-bond acceptors (Lipinski definition) is 3. The lowest BCUT2D eigenvalue weighted by Crippen LogP contribution is -2.35. The number of ether oxygens (including phenoxy) is 2. The van der Waals surface area contributed by atoms with E-state index in [0.717, 1.165) is 31.7 Å². The molecular weight excluding hydrogens is 278 g/mol. The van der Waals surface area contributed by atoms with Crippen LogP contribution in [0, 0.1) is 0 Å². The Morgan fingerprint density at radius 1 is 0.909 bits per heavy atom. The number of hydrogen-bond donors (Lipinski definition) is 0. The Kier molecular flexibility index (Phi) is 17.8. The van der Waals surface area contributed by atoms with Gasteiger partial charge < -0.3 is 14.4 Å². The molecule has 0 atom stereocenters. The van der Waals surface area contributed by atoms with Gasteiger partial charge in [-0.25, -0.2) is 4.79 Å². The van der Waals surface area contributed by atoms with E-state index in [-0.39, 0.29) is 6.09 Å². The van der Waals surface area contributed by atoms with Crippen molar-refractivity contribution < 1.29 is 14.3 Å². The molecule has 1 aliphatic heterocycles. The molecule has 0 radical (unpaired) electrons. The summed E-state index contributed by atoms with van der Waals surface area (Å²) >= 11 is 0. The molecule has 1 fully saturated rings. The molecule has 0 aromatic heterocycles. The number of amides is 1. The van der Waals surface area contributed by atoms with E-state index >= 15 is 0 Å². The highest BCUT2D eigenvalue weighted by Crippen LogP contribution is 2.08. The van der Waals surface area contributed by atoms with Crippen molar-refractivity contribution in [2.75, 3.05) is 27.3 Å². The van der Waals surface area contributed by atoms with E-state index < -0.39 is 0 Å². The molecule has 1 heterocycles. The van der Waals surface area contributed by atoms with Gasteiger partial charge in [-0.1, -0.05) is 45.9 Å². The second-order valence-electron chi connectivity index (χ2n) is 4.03. The van der Waals surface area contributed by atoms with Crippen LogP contribution in [0.2, 0.25) is 0 Å². The van der Waals surface area contributed by atoms with Gasteiger partial charge in [-0.2, -0.15) is 0 Å². The fourth-order valence-corrected chi connectivity index (χ4v) is 1.76. The Morgan fingerprint density at radius 3 is 1.77 bits per heavy atom. The van der Waals surface area contributed by atoms with Crippen LogP contribution in [-0.4, -0.2) is 38.3 Å². The van der Waals surface area contributed by atoms with Gasteiger partial charge in [0.1, 0.15) is 5.75 Å². The lowest BCUT2D eigenvalue weighted by molar-refractivity contribution is 0.115. The summed E-state index contributed by atoms with van der Waals surface area (Å²) in [5, 5.41) is 0. The van der Waals surface area contributed by atoms with Gasteiger partial charge in [0.2, 0.25) is 0 Å². The first-order chi connectivity index (χ1) is 10.8. The van der Waals surface area contributed by atoms with Crippen LogP contribution in [0.3, 0.4) is 0 Å². The zero-order valence-electron chi connectivity index (χ0n) is 15.1. The SMILES string of the molecule is CC.CC.COC(=O)N1CCCCC1.COc1ccccc1. The Balaban J connectivity index is 0. The molecule has 0 spiro atoms. The first kappa shape index (κ1) is 22.6. The van der Waals surface area contributed by atoms with Crippen LogP contribution in [-0.2, 0) is 4.74 Å². The molecule has 0 aliphatic carbocycles. The Labute approximate surface area is 136 Å². The van der Waals surface area contributed by atoms with E-state index in [1.807, 2.05) is 58.0 Å². The van der Waals surface area contributed by atoms with Crippen molar-refractivity contribution in [3.8, 4) is 5.75 Å². The third kappa shape index (κ3) is 11.0. The maximum absolute atomic E-state index is 10.9. The number of carbonyl (C=O) groups is 1. The van der Waals surface area contributed by atoms with Crippen molar-refractivity contribution in [1.29, 1.82) is 0 Å². The molecule has 22 heavy (non-hydrogen) atoms. The van der Waals surface area contributed by atoms with Gasteiger partial charge in [0, 0.05) is 13.1 Å². The van der Waals surface area contributed by atoms with Crippen LogP contribution in [0.1, 0.15) is 47.0 Å². The van der Waals surface area contributed by atoms with Gasteiger partial charge in [-0.15, -0.1) is 0 Å². The average Bonchev–Trinajstić information content (AvgIpc) is 2.66. The lowest BCUT2D eigenvalue weighted by Gasteiger charge is -2.24. The summed E-state index contributed by atoms with van der Waals surface area (Å²) in [6.45, 7) is 9.74. The standard InChI is InChI=1S/C7H13NO2.C7H8O.2C2H6/c1-10-7(9)8-5-3-2-4-6-8;1-8-7-5-3-2-4-6-7;2*1-2/h2-6H2,1H3;2-6H,1H3;2*1-2H3. The smallest absolute Gasteiger partial charge is 0.409 e. The molecule has 128 valence electrons. The van der Waals surface area contributed by atoms with Crippen LogP contribution in [0.4, 0.5) is 4.79 Å². The Morgan fingerprint density at radius 2 is 1.41 bits per heavy atom. The zero-order valence-corrected chi connectivity index (χ0v) is 15.1. The molecule has 1 aliphatic rings. The Bertz CT molecular complexity index is 335. The van der Waals surface area contributed by atoms with Crippen LogP contribution >= 0.6 is 0 Å². The molecule has 0 unspecified atom stereocenters. The van der Waals surface area contributed by atoms with Crippen LogP contribution < -0.4 is 4.74 Å². The highest BCUT2D eigenvalue weighted by atomic mass is 16.5. The minimum absolute atomic E-state index is 0.181. The molecule has 1 aromatic rings. The molecular formula is C18H33NO3. The predicted molar refractivity (Wildman–Crippen MR) is 93.5 cm³/mol. The molecule has 4 heteroatoms. The van der Waals surface area contributed by atoms with Crippen molar-refractivity contribution in [3.05, 3.63) is 30.3 Å². The maximum Gasteiger partial charge on any atom is 0.409 e. The van der Waals surface area contributed by atoms with Crippen molar-refractivity contribution in [2.24, 2.45) is 0 Å². The van der Waals surface area contributed by atoms with E-state index in [0.29, 0.717) is 0 Å². The maximum atomic E-state index is 10.9. The summed E-state index contributed by atoms with van der Waals surface area (Å²) in [5.74, 6) is 0.910. The highest BCUT2D eigenvalue weighted by Gasteiger charge is 2.15. The molecule has 2 rings (SSSR count). The zero-order chi connectivity index (χ0) is 17.2. The average molecular weight is 311 g/mol. The van der Waals surface area contributed by atoms with Crippen molar-refractivity contribution in [3.63, 3.8) is 0 Å². The Hall–Kier alpha value is -1.71. The second kappa shape index (κ2) is 17.3. The summed E-state index contributed by atoms with van der Waals surface area (Å²) in [7, 11) is 3.09. The van der Waals surface area contributed by atoms with Gasteiger partial charge in [0.05, 0.1) is 14.2 Å². The van der Waals surface area contributed by atoms with Crippen molar-refractivity contribution >= 4 is 6.09 Å². The summed E-state index contributed by atoms with van der Waals surface area (Å²) in [5.41, 5.74) is 0. The summed E-state index contributed by atoms with van der Waals surface area (Å²) in [6, 6.07) is 9.68. The highest BCUT2D eigenvalue weighted by molar-refractivity contribution is 5.67. The minimum Gasteiger partial charge on any atom is -0.497 e. The fourth-order valence-electron chi connectivity index (χ4n) is 1.76. The first-order valence-electron chi connectivity index (χ1n) is 8.20. The first-order valence-corrected chi connectivity index (χ1v) is 8.20. The van der Waals surface area contributed by atoms with Crippen molar-refractivity contribution in [2.45, 2.75) is 47.0 Å². The topological polar surface area (TPSA) is 38.8 Å².